The topological polar surface area (TPSA) is 101 Å². The summed E-state index contributed by atoms with van der Waals surface area (Å²) in [7, 11) is -4.04. The van der Waals surface area contributed by atoms with E-state index in [1.807, 2.05) is 0 Å². The molecule has 0 bridgehead atoms. The Labute approximate surface area is 181 Å². The van der Waals surface area contributed by atoms with Crippen LogP contribution in [-0.2, 0) is 14.8 Å². The molecule has 0 fully saturated rings. The van der Waals surface area contributed by atoms with Gasteiger partial charge in [-0.15, -0.1) is 0 Å². The predicted molar refractivity (Wildman–Crippen MR) is 119 cm³/mol. The molecule has 1 aromatic heterocycles. The molecule has 1 N–H and O–H groups in total. The molecule has 31 heavy (non-hydrogen) atoms. The molecule has 0 unspecified atom stereocenters. The standard InChI is InChI=1S/C22H22N4O4S/c1-2-30-21-13-7-6-12-20(21)26(31(28,29)19-10-4-3-5-11-19)17-22(27)25-24-16-18-9-8-14-23-15-18/h3-16H,2,17H2,1H3,(H,25,27)/b24-16+. The van der Waals surface area contributed by atoms with Gasteiger partial charge >= 0.3 is 0 Å². The van der Waals surface area contributed by atoms with Gasteiger partial charge in [-0.25, -0.2) is 13.8 Å². The smallest absolute Gasteiger partial charge is 0.264 e. The summed E-state index contributed by atoms with van der Waals surface area (Å²) in [4.78, 5) is 16.6. The predicted octanol–water partition coefficient (Wildman–Crippen LogP) is 2.83. The van der Waals surface area contributed by atoms with Crippen LogP contribution >= 0.6 is 0 Å². The van der Waals surface area contributed by atoms with Crippen molar-refractivity contribution in [2.45, 2.75) is 11.8 Å². The van der Waals surface area contributed by atoms with E-state index in [1.165, 1.54) is 18.3 Å². The Morgan fingerprint density at radius 3 is 2.55 bits per heavy atom. The second-order valence-corrected chi connectivity index (χ2v) is 8.17. The van der Waals surface area contributed by atoms with E-state index in [0.717, 1.165) is 4.31 Å². The number of pyridine rings is 1. The minimum Gasteiger partial charge on any atom is -0.492 e. The third kappa shape index (κ3) is 5.67. The molecular weight excluding hydrogens is 416 g/mol. The molecule has 0 aliphatic rings. The number of anilines is 1. The lowest BCUT2D eigenvalue weighted by atomic mass is 10.3. The summed E-state index contributed by atoms with van der Waals surface area (Å²) in [5.74, 6) is -0.248. The highest BCUT2D eigenvalue weighted by Crippen LogP contribution is 2.32. The average molecular weight is 439 g/mol. The van der Waals surface area contributed by atoms with Gasteiger partial charge in [-0.2, -0.15) is 5.10 Å². The number of hydrazone groups is 1. The molecule has 0 saturated carbocycles. The summed E-state index contributed by atoms with van der Waals surface area (Å²) in [6.45, 7) is 1.66. The van der Waals surface area contributed by atoms with Crippen molar-refractivity contribution in [3.8, 4) is 5.75 Å². The van der Waals surface area contributed by atoms with E-state index < -0.39 is 22.5 Å². The average Bonchev–Trinajstić information content (AvgIpc) is 2.79. The third-order valence-corrected chi connectivity index (χ3v) is 5.91. The SMILES string of the molecule is CCOc1ccccc1N(CC(=O)N/N=C/c1cccnc1)S(=O)(=O)c1ccccc1. The molecule has 0 aliphatic heterocycles. The lowest BCUT2D eigenvalue weighted by Crippen LogP contribution is -2.39. The number of nitrogens with zero attached hydrogens (tertiary/aromatic N) is 3. The van der Waals surface area contributed by atoms with Crippen LogP contribution in [0.5, 0.6) is 5.75 Å². The Bertz CT molecular complexity index is 1140. The number of ether oxygens (including phenoxy) is 1. The monoisotopic (exact) mass is 438 g/mol. The molecular formula is C22H22N4O4S. The summed E-state index contributed by atoms with van der Waals surface area (Å²) < 4.78 is 33.3. The van der Waals surface area contributed by atoms with Crippen molar-refractivity contribution in [3.63, 3.8) is 0 Å². The van der Waals surface area contributed by atoms with Crippen LogP contribution in [0.15, 0.2) is 89.1 Å². The molecule has 1 amide bonds. The molecule has 1 heterocycles. The lowest BCUT2D eigenvalue weighted by Gasteiger charge is -2.25. The highest BCUT2D eigenvalue weighted by molar-refractivity contribution is 7.92. The van der Waals surface area contributed by atoms with Crippen molar-refractivity contribution in [1.82, 2.24) is 10.4 Å². The number of carbonyl (C=O) groups excluding carboxylic acids is 1. The minimum absolute atomic E-state index is 0.0629. The number of aromatic nitrogens is 1. The van der Waals surface area contributed by atoms with E-state index in [-0.39, 0.29) is 10.6 Å². The maximum absolute atomic E-state index is 13.4. The van der Waals surface area contributed by atoms with Crippen molar-refractivity contribution in [1.29, 1.82) is 0 Å². The van der Waals surface area contributed by atoms with Gasteiger partial charge in [-0.1, -0.05) is 36.4 Å². The summed E-state index contributed by atoms with van der Waals surface area (Å²) in [6, 6.07) is 18.1. The van der Waals surface area contributed by atoms with Crippen LogP contribution in [0.2, 0.25) is 0 Å². The molecule has 8 nitrogen and oxygen atoms in total. The summed E-state index contributed by atoms with van der Waals surface area (Å²) >= 11 is 0. The summed E-state index contributed by atoms with van der Waals surface area (Å²) in [5.41, 5.74) is 3.32. The van der Waals surface area contributed by atoms with Crippen molar-refractivity contribution in [2.75, 3.05) is 17.5 Å². The number of para-hydroxylation sites is 2. The first-order valence-electron chi connectivity index (χ1n) is 9.54. The number of rotatable bonds is 9. The van der Waals surface area contributed by atoms with Crippen molar-refractivity contribution < 1.29 is 17.9 Å². The Morgan fingerprint density at radius 2 is 1.84 bits per heavy atom. The number of sulfonamides is 1. The quantitative estimate of drug-likeness (QED) is 0.409. The van der Waals surface area contributed by atoms with Gasteiger partial charge in [0.15, 0.2) is 0 Å². The molecule has 0 aliphatic carbocycles. The number of hydrogen-bond donors (Lipinski definition) is 1. The van der Waals surface area contributed by atoms with Crippen LogP contribution in [0.3, 0.4) is 0 Å². The molecule has 160 valence electrons. The maximum atomic E-state index is 13.4. The summed E-state index contributed by atoms with van der Waals surface area (Å²) in [6.07, 6.45) is 4.63. The molecule has 0 spiro atoms. The first kappa shape index (κ1) is 22.0. The zero-order chi connectivity index (χ0) is 22.1. The van der Waals surface area contributed by atoms with Gasteiger partial charge in [0.2, 0.25) is 0 Å². The largest absolute Gasteiger partial charge is 0.492 e. The molecule has 0 saturated heterocycles. The Morgan fingerprint density at radius 1 is 1.10 bits per heavy atom. The van der Waals surface area contributed by atoms with Crippen LogP contribution in [0, 0.1) is 0 Å². The first-order chi connectivity index (χ1) is 15.0. The van der Waals surface area contributed by atoms with Gasteiger partial charge < -0.3 is 4.74 Å². The fourth-order valence-corrected chi connectivity index (χ4v) is 4.21. The fraction of sp³-hybridized carbons (Fsp3) is 0.136. The fourth-order valence-electron chi connectivity index (χ4n) is 2.76. The van der Waals surface area contributed by atoms with Crippen LogP contribution in [0.1, 0.15) is 12.5 Å². The van der Waals surface area contributed by atoms with Crippen LogP contribution < -0.4 is 14.5 Å². The van der Waals surface area contributed by atoms with Crippen LogP contribution in [-0.4, -0.2) is 38.7 Å². The Balaban J connectivity index is 1.89. The van der Waals surface area contributed by atoms with Gasteiger partial charge in [0, 0.05) is 18.0 Å². The highest BCUT2D eigenvalue weighted by atomic mass is 32.2. The van der Waals surface area contributed by atoms with E-state index in [9.17, 15) is 13.2 Å². The van der Waals surface area contributed by atoms with Crippen molar-refractivity contribution in [2.24, 2.45) is 5.10 Å². The van der Waals surface area contributed by atoms with Crippen LogP contribution in [0.4, 0.5) is 5.69 Å². The second kappa shape index (κ2) is 10.4. The highest BCUT2D eigenvalue weighted by Gasteiger charge is 2.29. The molecule has 9 heteroatoms. The lowest BCUT2D eigenvalue weighted by molar-refractivity contribution is -0.119. The first-order valence-corrected chi connectivity index (χ1v) is 11.0. The molecule has 3 aromatic rings. The molecule has 3 rings (SSSR count). The number of benzene rings is 2. The van der Waals surface area contributed by atoms with Gasteiger partial charge in [-0.05, 0) is 37.3 Å². The van der Waals surface area contributed by atoms with Crippen molar-refractivity contribution >= 4 is 27.8 Å². The normalized spacial score (nSPS) is 11.3. The second-order valence-electron chi connectivity index (χ2n) is 6.31. The van der Waals surface area contributed by atoms with Gasteiger partial charge in [0.05, 0.1) is 23.4 Å². The Kier molecular flexibility index (Phi) is 7.34. The van der Waals surface area contributed by atoms with E-state index in [2.05, 4.69) is 15.5 Å². The zero-order valence-electron chi connectivity index (χ0n) is 16.9. The maximum Gasteiger partial charge on any atom is 0.264 e. The van der Waals surface area contributed by atoms with Gasteiger partial charge in [-0.3, -0.25) is 14.1 Å². The molecule has 2 aromatic carbocycles. The summed E-state index contributed by atoms with van der Waals surface area (Å²) in [5, 5.41) is 3.88. The van der Waals surface area contributed by atoms with E-state index in [0.29, 0.717) is 17.9 Å². The third-order valence-electron chi connectivity index (χ3n) is 4.14. The van der Waals surface area contributed by atoms with Crippen molar-refractivity contribution in [3.05, 3.63) is 84.7 Å². The molecule has 0 radical (unpaired) electrons. The number of nitrogens with one attached hydrogen (secondary N) is 1. The van der Waals surface area contributed by atoms with E-state index >= 15 is 0 Å². The number of amides is 1. The van der Waals surface area contributed by atoms with Gasteiger partial charge in [0.25, 0.3) is 15.9 Å². The van der Waals surface area contributed by atoms with E-state index in [1.54, 1.807) is 73.9 Å². The van der Waals surface area contributed by atoms with Gasteiger partial charge in [0.1, 0.15) is 12.3 Å². The zero-order valence-corrected chi connectivity index (χ0v) is 17.7. The molecule has 0 atom stereocenters. The Hall–Kier alpha value is -3.72. The van der Waals surface area contributed by atoms with E-state index in [4.69, 9.17) is 4.74 Å². The minimum atomic E-state index is -4.04. The number of hydrogen-bond acceptors (Lipinski definition) is 6. The van der Waals surface area contributed by atoms with Crippen LogP contribution in [0.25, 0.3) is 0 Å². The number of carbonyl (C=O) groups is 1.